The molecule has 0 bridgehead atoms. The SMILES string of the molecule is CCCCCCCCCCCCCCCCCCCCCCC/C=C/C(O)C(CO)NC(=O)CCCCCCCCCCCCCCCCCCCCCCCCCCCCCCCCCCCCCCCC. The number of carbonyl (C=O) groups is 1. The lowest BCUT2D eigenvalue weighted by Crippen LogP contribution is -2.45. The molecular formula is C69H137NO3. The van der Waals surface area contributed by atoms with Crippen LogP contribution in [-0.4, -0.2) is 34.9 Å². The maximum atomic E-state index is 12.5. The molecule has 0 spiro atoms. The van der Waals surface area contributed by atoms with Crippen LogP contribution in [0.1, 0.15) is 406 Å². The highest BCUT2D eigenvalue weighted by Gasteiger charge is 2.18. The van der Waals surface area contributed by atoms with Crippen LogP contribution in [0.25, 0.3) is 0 Å². The molecular weight excluding hydrogens is 891 g/mol. The second-order valence-corrected chi connectivity index (χ2v) is 24.0. The topological polar surface area (TPSA) is 69.6 Å². The van der Waals surface area contributed by atoms with E-state index in [1.807, 2.05) is 6.08 Å². The van der Waals surface area contributed by atoms with E-state index in [0.717, 1.165) is 25.7 Å². The summed E-state index contributed by atoms with van der Waals surface area (Å²) in [6, 6.07) is -0.619. The van der Waals surface area contributed by atoms with E-state index in [9.17, 15) is 15.0 Å². The Kier molecular flexibility index (Phi) is 64.6. The molecule has 0 fully saturated rings. The summed E-state index contributed by atoms with van der Waals surface area (Å²) < 4.78 is 0. The van der Waals surface area contributed by atoms with Crippen LogP contribution < -0.4 is 5.32 Å². The second kappa shape index (κ2) is 65.4. The average molecular weight is 1030 g/mol. The van der Waals surface area contributed by atoms with Crippen LogP contribution in [0.2, 0.25) is 0 Å². The molecule has 4 heteroatoms. The monoisotopic (exact) mass is 1030 g/mol. The van der Waals surface area contributed by atoms with Gasteiger partial charge < -0.3 is 15.5 Å². The van der Waals surface area contributed by atoms with Gasteiger partial charge in [0.2, 0.25) is 5.91 Å². The molecule has 0 aromatic rings. The van der Waals surface area contributed by atoms with E-state index >= 15 is 0 Å². The lowest BCUT2D eigenvalue weighted by Gasteiger charge is -2.20. The molecule has 2 unspecified atom stereocenters. The number of aliphatic hydroxyl groups excluding tert-OH is 2. The number of carbonyl (C=O) groups excluding carboxylic acids is 1. The predicted octanol–water partition coefficient (Wildman–Crippen LogP) is 23.2. The van der Waals surface area contributed by atoms with Crippen LogP contribution in [-0.2, 0) is 4.79 Å². The molecule has 73 heavy (non-hydrogen) atoms. The van der Waals surface area contributed by atoms with Crippen molar-refractivity contribution < 1.29 is 15.0 Å². The summed E-state index contributed by atoms with van der Waals surface area (Å²) in [5.41, 5.74) is 0. The lowest BCUT2D eigenvalue weighted by molar-refractivity contribution is -0.123. The maximum absolute atomic E-state index is 12.5. The molecule has 0 aliphatic rings. The minimum Gasteiger partial charge on any atom is -0.394 e. The highest BCUT2D eigenvalue weighted by molar-refractivity contribution is 5.76. The van der Waals surface area contributed by atoms with Crippen molar-refractivity contribution in [1.82, 2.24) is 5.32 Å². The van der Waals surface area contributed by atoms with Crippen molar-refractivity contribution in [2.24, 2.45) is 0 Å². The fourth-order valence-corrected chi connectivity index (χ4v) is 11.3. The van der Waals surface area contributed by atoms with E-state index in [-0.39, 0.29) is 12.5 Å². The van der Waals surface area contributed by atoms with Gasteiger partial charge in [0, 0.05) is 6.42 Å². The molecule has 0 heterocycles. The first-order chi connectivity index (χ1) is 36.2. The zero-order valence-corrected chi connectivity index (χ0v) is 50.5. The molecule has 0 aromatic heterocycles. The van der Waals surface area contributed by atoms with E-state index < -0.39 is 12.1 Å². The summed E-state index contributed by atoms with van der Waals surface area (Å²) in [5.74, 6) is -0.0534. The molecule has 0 aromatic carbocycles. The van der Waals surface area contributed by atoms with Gasteiger partial charge in [-0.2, -0.15) is 0 Å². The molecule has 0 radical (unpaired) electrons. The Hall–Kier alpha value is -0.870. The summed E-state index contributed by atoms with van der Waals surface area (Å²) in [4.78, 5) is 12.5. The maximum Gasteiger partial charge on any atom is 0.220 e. The largest absolute Gasteiger partial charge is 0.394 e. The van der Waals surface area contributed by atoms with Crippen molar-refractivity contribution >= 4 is 5.91 Å². The molecule has 436 valence electrons. The molecule has 0 aliphatic heterocycles. The molecule has 1 amide bonds. The smallest absolute Gasteiger partial charge is 0.220 e. The highest BCUT2D eigenvalue weighted by Crippen LogP contribution is 2.20. The summed E-state index contributed by atoms with van der Waals surface area (Å²) in [7, 11) is 0. The van der Waals surface area contributed by atoms with Crippen molar-refractivity contribution in [3.63, 3.8) is 0 Å². The van der Waals surface area contributed by atoms with E-state index in [2.05, 4.69) is 19.2 Å². The van der Waals surface area contributed by atoms with Crippen LogP contribution >= 0.6 is 0 Å². The first-order valence-corrected chi connectivity index (χ1v) is 34.4. The Morgan fingerprint density at radius 3 is 0.712 bits per heavy atom. The zero-order valence-electron chi connectivity index (χ0n) is 50.5. The van der Waals surface area contributed by atoms with Crippen molar-refractivity contribution in [3.8, 4) is 0 Å². The second-order valence-electron chi connectivity index (χ2n) is 24.0. The third kappa shape index (κ3) is 61.9. The molecule has 0 saturated carbocycles. The van der Waals surface area contributed by atoms with Crippen molar-refractivity contribution in [2.45, 2.75) is 418 Å². The first-order valence-electron chi connectivity index (χ1n) is 34.4. The third-order valence-electron chi connectivity index (χ3n) is 16.5. The van der Waals surface area contributed by atoms with Crippen LogP contribution in [0.4, 0.5) is 0 Å². The van der Waals surface area contributed by atoms with E-state index in [1.54, 1.807) is 6.08 Å². The van der Waals surface area contributed by atoms with Crippen LogP contribution in [0.3, 0.4) is 0 Å². The summed E-state index contributed by atoms with van der Waals surface area (Å²) in [6.07, 6.45) is 87.3. The Morgan fingerprint density at radius 1 is 0.315 bits per heavy atom. The van der Waals surface area contributed by atoms with Crippen LogP contribution in [0.5, 0.6) is 0 Å². The number of rotatable bonds is 65. The first kappa shape index (κ1) is 72.1. The van der Waals surface area contributed by atoms with Crippen molar-refractivity contribution in [2.75, 3.05) is 6.61 Å². The fourth-order valence-electron chi connectivity index (χ4n) is 11.3. The van der Waals surface area contributed by atoms with Crippen molar-refractivity contribution in [1.29, 1.82) is 0 Å². The predicted molar refractivity (Wildman–Crippen MR) is 327 cm³/mol. The normalized spacial score (nSPS) is 12.7. The number of hydrogen-bond acceptors (Lipinski definition) is 3. The molecule has 0 rings (SSSR count). The van der Waals surface area contributed by atoms with E-state index in [1.165, 1.54) is 360 Å². The molecule has 3 N–H and O–H groups in total. The van der Waals surface area contributed by atoms with Gasteiger partial charge in [-0.25, -0.2) is 0 Å². The minimum absolute atomic E-state index is 0.0534. The summed E-state index contributed by atoms with van der Waals surface area (Å²) in [5, 5.41) is 23.3. The summed E-state index contributed by atoms with van der Waals surface area (Å²) >= 11 is 0. The van der Waals surface area contributed by atoms with Crippen molar-refractivity contribution in [3.05, 3.63) is 12.2 Å². The van der Waals surface area contributed by atoms with Gasteiger partial charge in [-0.15, -0.1) is 0 Å². The minimum atomic E-state index is -0.837. The Balaban J connectivity index is 3.37. The van der Waals surface area contributed by atoms with Gasteiger partial charge in [-0.1, -0.05) is 392 Å². The Bertz CT molecular complexity index is 1030. The summed E-state index contributed by atoms with van der Waals surface area (Å²) in [6.45, 7) is 4.37. The van der Waals surface area contributed by atoms with Gasteiger partial charge in [-0.3, -0.25) is 4.79 Å². The number of aliphatic hydroxyl groups is 2. The number of unbranched alkanes of at least 4 members (excludes halogenated alkanes) is 58. The molecule has 0 aliphatic carbocycles. The van der Waals surface area contributed by atoms with Gasteiger partial charge in [-0.05, 0) is 19.3 Å². The van der Waals surface area contributed by atoms with Gasteiger partial charge in [0.25, 0.3) is 0 Å². The Labute approximate surface area is 460 Å². The number of hydrogen-bond donors (Lipinski definition) is 3. The Morgan fingerprint density at radius 2 is 0.507 bits per heavy atom. The van der Waals surface area contributed by atoms with Gasteiger partial charge in [0.05, 0.1) is 18.8 Å². The van der Waals surface area contributed by atoms with Gasteiger partial charge in [0.1, 0.15) is 0 Å². The quantitative estimate of drug-likeness (QED) is 0.0420. The van der Waals surface area contributed by atoms with Gasteiger partial charge >= 0.3 is 0 Å². The molecule has 0 saturated heterocycles. The fraction of sp³-hybridized carbons (Fsp3) is 0.957. The average Bonchev–Trinajstić information content (AvgIpc) is 3.40. The van der Waals surface area contributed by atoms with E-state index in [4.69, 9.17) is 0 Å². The van der Waals surface area contributed by atoms with Crippen LogP contribution in [0.15, 0.2) is 12.2 Å². The highest BCUT2D eigenvalue weighted by atomic mass is 16.3. The molecule has 4 nitrogen and oxygen atoms in total. The van der Waals surface area contributed by atoms with Gasteiger partial charge in [0.15, 0.2) is 0 Å². The third-order valence-corrected chi connectivity index (χ3v) is 16.5. The standard InChI is InChI=1S/C69H137NO3/c1-3-5-7-9-11-13-15-17-19-21-23-25-27-28-29-30-31-32-33-34-35-36-37-38-39-40-41-43-45-47-49-51-53-55-57-59-61-63-65-69(73)70-67(66-71)68(72)64-62-60-58-56-54-52-50-48-46-44-42-26-24-22-20-18-16-14-12-10-8-6-4-2/h62,64,67-68,71-72H,3-61,63,65-66H2,1-2H3,(H,70,73)/b64-62+. The molecule has 2 atom stereocenters. The number of amides is 1. The van der Waals surface area contributed by atoms with Crippen LogP contribution in [0, 0.1) is 0 Å². The lowest BCUT2D eigenvalue weighted by atomic mass is 10.0. The number of nitrogens with one attached hydrogen (secondary N) is 1. The van der Waals surface area contributed by atoms with E-state index in [0.29, 0.717) is 6.42 Å². The zero-order chi connectivity index (χ0) is 52.7. The number of allylic oxidation sites excluding steroid dienone is 1.